The lowest BCUT2D eigenvalue weighted by atomic mass is 10.1. The van der Waals surface area contributed by atoms with Crippen molar-refractivity contribution in [3.8, 4) is 0 Å². The predicted molar refractivity (Wildman–Crippen MR) is 67.7 cm³/mol. The fraction of sp³-hybridized carbons (Fsp3) is 0.615. The number of hydrogen-bond acceptors (Lipinski definition) is 2. The van der Waals surface area contributed by atoms with Crippen molar-refractivity contribution in [1.29, 1.82) is 0 Å². The highest BCUT2D eigenvalue weighted by molar-refractivity contribution is 6.31. The number of halogens is 1. The van der Waals surface area contributed by atoms with Gasteiger partial charge < -0.3 is 0 Å². The third-order valence-corrected chi connectivity index (χ3v) is 3.76. The van der Waals surface area contributed by atoms with E-state index in [9.17, 15) is 0 Å². The summed E-state index contributed by atoms with van der Waals surface area (Å²) in [5, 5.41) is 0.856. The van der Waals surface area contributed by atoms with Gasteiger partial charge in [-0.3, -0.25) is 9.88 Å². The molecule has 0 aliphatic carbocycles. The van der Waals surface area contributed by atoms with E-state index < -0.39 is 0 Å². The van der Waals surface area contributed by atoms with Crippen LogP contribution in [0.4, 0.5) is 0 Å². The number of aromatic nitrogens is 1. The number of aryl methyl sites for hydroxylation is 1. The van der Waals surface area contributed by atoms with E-state index in [1.54, 1.807) is 0 Å². The summed E-state index contributed by atoms with van der Waals surface area (Å²) in [5.74, 6) is 0. The molecular formula is C13H19ClN2. The Balaban J connectivity index is 2.08. The normalized spacial score (nSPS) is 21.6. The van der Waals surface area contributed by atoms with Gasteiger partial charge in [-0.05, 0) is 38.8 Å². The van der Waals surface area contributed by atoms with Gasteiger partial charge in [0.25, 0.3) is 0 Å². The molecule has 0 radical (unpaired) electrons. The first-order valence-electron chi connectivity index (χ1n) is 6.05. The summed E-state index contributed by atoms with van der Waals surface area (Å²) in [7, 11) is 0. The monoisotopic (exact) mass is 238 g/mol. The van der Waals surface area contributed by atoms with E-state index >= 15 is 0 Å². The molecule has 0 aromatic carbocycles. The lowest BCUT2D eigenvalue weighted by Gasteiger charge is -2.23. The van der Waals surface area contributed by atoms with Gasteiger partial charge in [-0.1, -0.05) is 18.5 Å². The van der Waals surface area contributed by atoms with Crippen molar-refractivity contribution in [2.75, 3.05) is 6.54 Å². The molecule has 1 aromatic heterocycles. The Bertz CT molecular complexity index is 365. The number of likely N-dealkylation sites (tertiary alicyclic amines) is 1. The van der Waals surface area contributed by atoms with Gasteiger partial charge in [0, 0.05) is 35.1 Å². The molecule has 16 heavy (non-hydrogen) atoms. The van der Waals surface area contributed by atoms with E-state index in [1.165, 1.54) is 25.8 Å². The lowest BCUT2D eigenvalue weighted by Crippen LogP contribution is -2.28. The molecule has 1 aromatic rings. The molecule has 2 heterocycles. The molecule has 1 saturated heterocycles. The van der Waals surface area contributed by atoms with Crippen molar-refractivity contribution in [1.82, 2.24) is 9.88 Å². The molecule has 0 N–H and O–H groups in total. The molecule has 88 valence electrons. The first kappa shape index (κ1) is 11.9. The van der Waals surface area contributed by atoms with Crippen molar-refractivity contribution in [3.05, 3.63) is 28.5 Å². The van der Waals surface area contributed by atoms with Crippen LogP contribution >= 0.6 is 11.6 Å². The third kappa shape index (κ3) is 2.55. The Morgan fingerprint density at radius 1 is 1.56 bits per heavy atom. The maximum atomic E-state index is 6.23. The van der Waals surface area contributed by atoms with Crippen LogP contribution in [0.25, 0.3) is 0 Å². The molecule has 0 saturated carbocycles. The molecule has 1 atom stereocenters. The summed E-state index contributed by atoms with van der Waals surface area (Å²) in [5.41, 5.74) is 2.15. The van der Waals surface area contributed by atoms with Crippen molar-refractivity contribution in [3.63, 3.8) is 0 Å². The smallest absolute Gasteiger partial charge is 0.0484 e. The third-order valence-electron chi connectivity index (χ3n) is 3.41. The maximum Gasteiger partial charge on any atom is 0.0484 e. The second kappa shape index (κ2) is 5.15. The SMILES string of the molecule is CCC1CCCN1Cc1cnc(C)cc1Cl. The van der Waals surface area contributed by atoms with Crippen molar-refractivity contribution < 1.29 is 0 Å². The van der Waals surface area contributed by atoms with Crippen molar-refractivity contribution in [2.45, 2.75) is 45.7 Å². The minimum absolute atomic E-state index is 0.734. The maximum absolute atomic E-state index is 6.23. The first-order valence-corrected chi connectivity index (χ1v) is 6.43. The standard InChI is InChI=1S/C13H19ClN2/c1-3-12-5-4-6-16(12)9-11-8-15-10(2)7-13(11)14/h7-8,12H,3-6,9H2,1-2H3. The minimum atomic E-state index is 0.734. The van der Waals surface area contributed by atoms with Gasteiger partial charge >= 0.3 is 0 Å². The quantitative estimate of drug-likeness (QED) is 0.802. The first-order chi connectivity index (χ1) is 7.70. The number of nitrogens with zero attached hydrogens (tertiary/aromatic N) is 2. The fourth-order valence-electron chi connectivity index (χ4n) is 2.46. The van der Waals surface area contributed by atoms with Crippen LogP contribution in [0.2, 0.25) is 5.02 Å². The zero-order valence-electron chi connectivity index (χ0n) is 10.0. The topological polar surface area (TPSA) is 16.1 Å². The molecule has 0 spiro atoms. The van der Waals surface area contributed by atoms with E-state index in [-0.39, 0.29) is 0 Å². The molecule has 1 unspecified atom stereocenters. The van der Waals surface area contributed by atoms with Crippen molar-refractivity contribution >= 4 is 11.6 Å². The Morgan fingerprint density at radius 2 is 2.38 bits per heavy atom. The molecule has 1 fully saturated rings. The molecule has 3 heteroatoms. The van der Waals surface area contributed by atoms with Crippen LogP contribution in [-0.2, 0) is 6.54 Å². The summed E-state index contributed by atoms with van der Waals surface area (Å²) in [6.45, 7) is 6.38. The zero-order valence-corrected chi connectivity index (χ0v) is 10.8. The summed E-state index contributed by atoms with van der Waals surface area (Å²) in [4.78, 5) is 6.85. The highest BCUT2D eigenvalue weighted by Crippen LogP contribution is 2.25. The predicted octanol–water partition coefficient (Wildman–Crippen LogP) is 3.42. The average Bonchev–Trinajstić information content (AvgIpc) is 2.69. The van der Waals surface area contributed by atoms with Gasteiger partial charge in [0.1, 0.15) is 0 Å². The van der Waals surface area contributed by atoms with Crippen LogP contribution in [-0.4, -0.2) is 22.5 Å². The van der Waals surface area contributed by atoms with Crippen molar-refractivity contribution in [2.24, 2.45) is 0 Å². The van der Waals surface area contributed by atoms with Gasteiger partial charge in [-0.2, -0.15) is 0 Å². The van der Waals surface area contributed by atoms with Gasteiger partial charge in [-0.15, -0.1) is 0 Å². The number of hydrogen-bond donors (Lipinski definition) is 0. The van der Waals surface area contributed by atoms with E-state index in [0.29, 0.717) is 0 Å². The largest absolute Gasteiger partial charge is 0.296 e. The molecule has 1 aliphatic heterocycles. The zero-order chi connectivity index (χ0) is 11.5. The highest BCUT2D eigenvalue weighted by Gasteiger charge is 2.23. The number of rotatable bonds is 3. The molecule has 1 aliphatic rings. The molecule has 0 bridgehead atoms. The Labute approximate surface area is 103 Å². The molecular weight excluding hydrogens is 220 g/mol. The average molecular weight is 239 g/mol. The van der Waals surface area contributed by atoms with Crippen LogP contribution in [0.5, 0.6) is 0 Å². The fourth-order valence-corrected chi connectivity index (χ4v) is 2.72. The van der Waals surface area contributed by atoms with E-state index in [1.807, 2.05) is 19.2 Å². The Morgan fingerprint density at radius 3 is 3.06 bits per heavy atom. The Hall–Kier alpha value is -0.600. The summed E-state index contributed by atoms with van der Waals surface area (Å²) < 4.78 is 0. The molecule has 0 amide bonds. The van der Waals surface area contributed by atoms with Gasteiger partial charge in [0.05, 0.1) is 0 Å². The molecule has 2 nitrogen and oxygen atoms in total. The summed E-state index contributed by atoms with van der Waals surface area (Å²) in [6.07, 6.45) is 5.79. The van der Waals surface area contributed by atoms with Gasteiger partial charge in [0.15, 0.2) is 0 Å². The van der Waals surface area contributed by atoms with Crippen LogP contribution in [0, 0.1) is 6.92 Å². The van der Waals surface area contributed by atoms with E-state index in [0.717, 1.165) is 28.9 Å². The second-order valence-corrected chi connectivity index (χ2v) is 5.00. The number of pyridine rings is 1. The van der Waals surface area contributed by atoms with Crippen LogP contribution in [0.15, 0.2) is 12.3 Å². The highest BCUT2D eigenvalue weighted by atomic mass is 35.5. The summed E-state index contributed by atoms with van der Waals surface area (Å²) in [6, 6.07) is 2.69. The summed E-state index contributed by atoms with van der Waals surface area (Å²) >= 11 is 6.23. The molecule has 2 rings (SSSR count). The minimum Gasteiger partial charge on any atom is -0.296 e. The van der Waals surface area contributed by atoms with Gasteiger partial charge in [0.2, 0.25) is 0 Å². The lowest BCUT2D eigenvalue weighted by molar-refractivity contribution is 0.240. The van der Waals surface area contributed by atoms with Gasteiger partial charge in [-0.25, -0.2) is 0 Å². The second-order valence-electron chi connectivity index (χ2n) is 4.59. The van der Waals surface area contributed by atoms with Crippen LogP contribution < -0.4 is 0 Å². The van der Waals surface area contributed by atoms with E-state index in [4.69, 9.17) is 11.6 Å². The Kier molecular flexibility index (Phi) is 3.82. The van der Waals surface area contributed by atoms with Crippen LogP contribution in [0.3, 0.4) is 0 Å². The van der Waals surface area contributed by atoms with E-state index in [2.05, 4.69) is 16.8 Å². The van der Waals surface area contributed by atoms with Crippen LogP contribution in [0.1, 0.15) is 37.4 Å².